The zero-order chi connectivity index (χ0) is 15.5. The van der Waals surface area contributed by atoms with E-state index in [-0.39, 0.29) is 11.6 Å². The maximum atomic E-state index is 5.98. The normalized spacial score (nSPS) is 20.0. The molecule has 1 aliphatic rings. The van der Waals surface area contributed by atoms with E-state index in [4.69, 9.17) is 5.84 Å². The van der Waals surface area contributed by atoms with Crippen molar-refractivity contribution in [3.05, 3.63) is 35.4 Å². The molecule has 1 aromatic rings. The van der Waals surface area contributed by atoms with Crippen molar-refractivity contribution in [2.75, 3.05) is 14.1 Å². The summed E-state index contributed by atoms with van der Waals surface area (Å²) in [6.45, 7) is 4.46. The Morgan fingerprint density at radius 2 is 1.52 bits per heavy atom. The Balaban J connectivity index is 2.32. The molecule has 2 rings (SSSR count). The summed E-state index contributed by atoms with van der Waals surface area (Å²) in [4.78, 5) is 2.38. The first-order chi connectivity index (χ1) is 10.0. The molecule has 1 saturated carbocycles. The second kappa shape index (κ2) is 6.91. The van der Waals surface area contributed by atoms with E-state index in [1.807, 2.05) is 0 Å². The Morgan fingerprint density at radius 3 is 1.95 bits per heavy atom. The van der Waals surface area contributed by atoms with Crippen LogP contribution in [0.2, 0.25) is 0 Å². The number of nitrogens with one attached hydrogen (secondary N) is 1. The number of hydrogen-bond acceptors (Lipinski definition) is 3. The number of rotatable bonds is 5. The smallest absolute Gasteiger partial charge is 0.0643 e. The fourth-order valence-electron chi connectivity index (χ4n) is 3.79. The number of likely N-dealkylation sites (N-methyl/N-ethyl adjacent to an activating group) is 1. The zero-order valence-corrected chi connectivity index (χ0v) is 14.0. The second-order valence-corrected chi connectivity index (χ2v) is 6.98. The molecule has 0 radical (unpaired) electrons. The van der Waals surface area contributed by atoms with Gasteiger partial charge in [-0.15, -0.1) is 0 Å². The molecule has 3 heteroatoms. The zero-order valence-electron chi connectivity index (χ0n) is 14.0. The summed E-state index contributed by atoms with van der Waals surface area (Å²) < 4.78 is 0. The molecule has 0 saturated heterocycles. The highest BCUT2D eigenvalue weighted by molar-refractivity contribution is 5.29. The van der Waals surface area contributed by atoms with Gasteiger partial charge in [0.1, 0.15) is 0 Å². The van der Waals surface area contributed by atoms with Crippen molar-refractivity contribution in [1.82, 2.24) is 10.3 Å². The molecular formula is C18H31N3. The van der Waals surface area contributed by atoms with E-state index in [9.17, 15) is 0 Å². The standard InChI is InChI=1S/C18H31N3/c1-14(2)15-8-10-16(11-9-15)17(20-19)18(21(3)4)12-6-5-7-13-18/h8-11,14,17,20H,5-7,12-13,19H2,1-4H3. The van der Waals surface area contributed by atoms with E-state index in [1.165, 1.54) is 43.2 Å². The highest BCUT2D eigenvalue weighted by atomic mass is 15.3. The van der Waals surface area contributed by atoms with Crippen LogP contribution in [0.4, 0.5) is 0 Å². The molecule has 1 aliphatic carbocycles. The van der Waals surface area contributed by atoms with Crippen LogP contribution < -0.4 is 11.3 Å². The van der Waals surface area contributed by atoms with Crippen molar-refractivity contribution < 1.29 is 0 Å². The first-order valence-electron chi connectivity index (χ1n) is 8.24. The van der Waals surface area contributed by atoms with E-state index in [0.29, 0.717) is 5.92 Å². The molecule has 0 aromatic heterocycles. The van der Waals surface area contributed by atoms with E-state index in [0.717, 1.165) is 0 Å². The van der Waals surface area contributed by atoms with Crippen molar-refractivity contribution in [3.8, 4) is 0 Å². The maximum absolute atomic E-state index is 5.98. The summed E-state index contributed by atoms with van der Waals surface area (Å²) in [6.07, 6.45) is 6.35. The van der Waals surface area contributed by atoms with Gasteiger partial charge in [-0.05, 0) is 44.0 Å². The van der Waals surface area contributed by atoms with Crippen LogP contribution in [0, 0.1) is 0 Å². The Bertz CT molecular complexity index is 430. The fraction of sp³-hybridized carbons (Fsp3) is 0.667. The van der Waals surface area contributed by atoms with Crippen LogP contribution in [0.3, 0.4) is 0 Å². The first-order valence-corrected chi connectivity index (χ1v) is 8.24. The lowest BCUT2D eigenvalue weighted by Crippen LogP contribution is -2.56. The Hall–Kier alpha value is -0.900. The largest absolute Gasteiger partial charge is 0.302 e. The molecule has 3 nitrogen and oxygen atoms in total. The minimum absolute atomic E-state index is 0.131. The SMILES string of the molecule is CC(C)c1ccc(C(NN)C2(N(C)C)CCCCC2)cc1. The van der Waals surface area contributed by atoms with Gasteiger partial charge in [0.05, 0.1) is 6.04 Å². The highest BCUT2D eigenvalue weighted by Gasteiger charge is 2.42. The summed E-state index contributed by atoms with van der Waals surface area (Å²) in [5.74, 6) is 6.55. The molecule has 3 N–H and O–H groups in total. The molecule has 1 fully saturated rings. The third-order valence-corrected chi connectivity index (χ3v) is 5.25. The summed E-state index contributed by atoms with van der Waals surface area (Å²) in [6, 6.07) is 9.18. The van der Waals surface area contributed by atoms with Crippen molar-refractivity contribution in [2.24, 2.45) is 5.84 Å². The predicted molar refractivity (Wildman–Crippen MR) is 90.1 cm³/mol. The summed E-state index contributed by atoms with van der Waals surface area (Å²) in [5.41, 5.74) is 5.94. The van der Waals surface area contributed by atoms with Crippen LogP contribution in [-0.4, -0.2) is 24.5 Å². The van der Waals surface area contributed by atoms with Gasteiger partial charge in [-0.2, -0.15) is 0 Å². The Morgan fingerprint density at radius 1 is 1.00 bits per heavy atom. The monoisotopic (exact) mass is 289 g/mol. The Labute approximate surface area is 129 Å². The van der Waals surface area contributed by atoms with E-state index in [1.54, 1.807) is 0 Å². The van der Waals surface area contributed by atoms with Crippen LogP contribution in [0.25, 0.3) is 0 Å². The molecule has 21 heavy (non-hydrogen) atoms. The van der Waals surface area contributed by atoms with Crippen molar-refractivity contribution in [2.45, 2.75) is 63.5 Å². The maximum Gasteiger partial charge on any atom is 0.0643 e. The fourth-order valence-corrected chi connectivity index (χ4v) is 3.79. The number of benzene rings is 1. The minimum Gasteiger partial charge on any atom is -0.302 e. The van der Waals surface area contributed by atoms with Gasteiger partial charge in [0.25, 0.3) is 0 Å². The molecule has 1 atom stereocenters. The lowest BCUT2D eigenvalue weighted by Gasteiger charge is -2.48. The lowest BCUT2D eigenvalue weighted by atomic mass is 9.73. The molecule has 0 spiro atoms. The molecule has 118 valence electrons. The number of nitrogens with zero attached hydrogens (tertiary/aromatic N) is 1. The van der Waals surface area contributed by atoms with Gasteiger partial charge in [-0.1, -0.05) is 57.4 Å². The van der Waals surface area contributed by atoms with Crippen LogP contribution in [0.5, 0.6) is 0 Å². The van der Waals surface area contributed by atoms with E-state index >= 15 is 0 Å². The highest BCUT2D eigenvalue weighted by Crippen LogP contribution is 2.41. The van der Waals surface area contributed by atoms with Crippen LogP contribution in [0.1, 0.15) is 69.0 Å². The summed E-state index contributed by atoms with van der Waals surface area (Å²) in [5, 5.41) is 0. The van der Waals surface area contributed by atoms with Gasteiger partial charge < -0.3 is 4.90 Å². The van der Waals surface area contributed by atoms with Crippen molar-refractivity contribution in [1.29, 1.82) is 0 Å². The van der Waals surface area contributed by atoms with Gasteiger partial charge in [-0.3, -0.25) is 11.3 Å². The molecule has 0 bridgehead atoms. The summed E-state index contributed by atoms with van der Waals surface area (Å²) >= 11 is 0. The average molecular weight is 289 g/mol. The second-order valence-electron chi connectivity index (χ2n) is 6.98. The summed E-state index contributed by atoms with van der Waals surface area (Å²) in [7, 11) is 4.39. The molecule has 1 aromatic carbocycles. The van der Waals surface area contributed by atoms with Crippen LogP contribution >= 0.6 is 0 Å². The topological polar surface area (TPSA) is 41.3 Å². The molecular weight excluding hydrogens is 258 g/mol. The Kier molecular flexibility index (Phi) is 5.42. The third-order valence-electron chi connectivity index (χ3n) is 5.25. The molecule has 0 aliphatic heterocycles. The van der Waals surface area contributed by atoms with Crippen molar-refractivity contribution >= 4 is 0 Å². The molecule has 0 heterocycles. The quantitative estimate of drug-likeness (QED) is 0.643. The lowest BCUT2D eigenvalue weighted by molar-refractivity contribution is 0.0564. The number of hydrazine groups is 1. The minimum atomic E-state index is 0.131. The molecule has 1 unspecified atom stereocenters. The van der Waals surface area contributed by atoms with Crippen LogP contribution in [-0.2, 0) is 0 Å². The number of nitrogens with two attached hydrogens (primary N) is 1. The van der Waals surface area contributed by atoms with Gasteiger partial charge in [0, 0.05) is 5.54 Å². The van der Waals surface area contributed by atoms with Gasteiger partial charge in [0.15, 0.2) is 0 Å². The number of hydrogen-bond donors (Lipinski definition) is 2. The first kappa shape index (κ1) is 16.5. The van der Waals surface area contributed by atoms with E-state index in [2.05, 4.69) is 62.5 Å². The van der Waals surface area contributed by atoms with Crippen LogP contribution in [0.15, 0.2) is 24.3 Å². The van der Waals surface area contributed by atoms with Crippen molar-refractivity contribution in [3.63, 3.8) is 0 Å². The van der Waals surface area contributed by atoms with Gasteiger partial charge in [0.2, 0.25) is 0 Å². The van der Waals surface area contributed by atoms with Gasteiger partial charge in [-0.25, -0.2) is 0 Å². The predicted octanol–water partition coefficient (Wildman–Crippen LogP) is 3.58. The third kappa shape index (κ3) is 3.31. The van der Waals surface area contributed by atoms with E-state index < -0.39 is 0 Å². The average Bonchev–Trinajstić information content (AvgIpc) is 2.49. The molecule has 0 amide bonds. The van der Waals surface area contributed by atoms with Gasteiger partial charge >= 0.3 is 0 Å².